The number of pyridine rings is 1. The molecule has 1 aromatic heterocycles. The van der Waals surface area contributed by atoms with Gasteiger partial charge in [-0.1, -0.05) is 23.7 Å². The van der Waals surface area contributed by atoms with Crippen LogP contribution in [0.2, 0.25) is 5.02 Å². The first-order valence-electron chi connectivity index (χ1n) is 5.50. The molecule has 1 aromatic carbocycles. The van der Waals surface area contributed by atoms with Gasteiger partial charge in [0.1, 0.15) is 11.6 Å². The molecule has 0 fully saturated rings. The number of carbonyl (C=O) groups is 1. The zero-order chi connectivity index (χ0) is 13.7. The third-order valence-electron chi connectivity index (χ3n) is 2.25. The van der Waals surface area contributed by atoms with Crippen LogP contribution in [0.1, 0.15) is 5.56 Å². The number of aromatic nitrogens is 1. The average Bonchev–Trinajstić information content (AvgIpc) is 2.39. The first kappa shape index (κ1) is 13.2. The summed E-state index contributed by atoms with van der Waals surface area (Å²) < 4.78 is 12.9. The predicted molar refractivity (Wildman–Crippen MR) is 73.3 cm³/mol. The average molecular weight is 277 g/mol. The highest BCUT2D eigenvalue weighted by Crippen LogP contribution is 2.10. The number of nitrogens with one attached hydrogen (secondary N) is 1. The second-order valence-corrected chi connectivity index (χ2v) is 4.18. The monoisotopic (exact) mass is 276 g/mol. The van der Waals surface area contributed by atoms with Gasteiger partial charge in [-0.05, 0) is 35.9 Å². The summed E-state index contributed by atoms with van der Waals surface area (Å²) in [5, 5.41) is 3.06. The van der Waals surface area contributed by atoms with Crippen LogP contribution < -0.4 is 5.32 Å². The van der Waals surface area contributed by atoms with Crippen molar-refractivity contribution in [1.82, 2.24) is 4.98 Å². The van der Waals surface area contributed by atoms with Crippen LogP contribution in [0.3, 0.4) is 0 Å². The molecular weight excluding hydrogens is 267 g/mol. The Morgan fingerprint density at radius 2 is 2.16 bits per heavy atom. The third kappa shape index (κ3) is 4.19. The molecule has 0 aliphatic heterocycles. The number of rotatable bonds is 3. The molecule has 0 radical (unpaired) electrons. The maximum absolute atomic E-state index is 12.9. The minimum absolute atomic E-state index is 0.345. The van der Waals surface area contributed by atoms with E-state index in [1.165, 1.54) is 30.5 Å². The molecule has 2 rings (SSSR count). The van der Waals surface area contributed by atoms with E-state index in [2.05, 4.69) is 10.3 Å². The Kier molecular flexibility index (Phi) is 4.26. The highest BCUT2D eigenvalue weighted by atomic mass is 35.5. The number of anilines is 1. The van der Waals surface area contributed by atoms with E-state index in [1.54, 1.807) is 24.3 Å². The van der Waals surface area contributed by atoms with Crippen molar-refractivity contribution >= 4 is 29.4 Å². The standard InChI is InChI=1S/C14H10ClFN2O/c15-11-5-6-13(17-9-11)18-14(19)7-4-10-2-1-3-12(16)8-10/h1-9H,(H,17,18,19)/b7-4+. The molecule has 0 atom stereocenters. The smallest absolute Gasteiger partial charge is 0.249 e. The molecule has 0 bridgehead atoms. The molecule has 5 heteroatoms. The van der Waals surface area contributed by atoms with Crippen molar-refractivity contribution in [1.29, 1.82) is 0 Å². The van der Waals surface area contributed by atoms with Crippen molar-refractivity contribution < 1.29 is 9.18 Å². The summed E-state index contributed by atoms with van der Waals surface area (Å²) in [7, 11) is 0. The molecule has 1 amide bonds. The van der Waals surface area contributed by atoms with Gasteiger partial charge in [-0.15, -0.1) is 0 Å². The molecule has 0 spiro atoms. The summed E-state index contributed by atoms with van der Waals surface area (Å²) in [6, 6.07) is 9.18. The van der Waals surface area contributed by atoms with Gasteiger partial charge in [-0.3, -0.25) is 4.79 Å². The molecule has 0 unspecified atom stereocenters. The van der Waals surface area contributed by atoms with Crippen molar-refractivity contribution in [3.8, 4) is 0 Å². The molecule has 0 saturated carbocycles. The molecular formula is C14H10ClFN2O. The topological polar surface area (TPSA) is 42.0 Å². The van der Waals surface area contributed by atoms with Crippen LogP contribution >= 0.6 is 11.6 Å². The maximum Gasteiger partial charge on any atom is 0.249 e. The molecule has 0 aliphatic carbocycles. The molecule has 3 nitrogen and oxygen atoms in total. The molecule has 0 aliphatic rings. The van der Waals surface area contributed by atoms with Gasteiger partial charge in [0, 0.05) is 12.3 Å². The minimum Gasteiger partial charge on any atom is -0.307 e. The van der Waals surface area contributed by atoms with Crippen LogP contribution in [0, 0.1) is 5.82 Å². The lowest BCUT2D eigenvalue weighted by atomic mass is 10.2. The lowest BCUT2D eigenvalue weighted by molar-refractivity contribution is -0.111. The minimum atomic E-state index is -0.348. The van der Waals surface area contributed by atoms with Gasteiger partial charge in [0.05, 0.1) is 5.02 Å². The Labute approximate surface area is 114 Å². The number of benzene rings is 1. The van der Waals surface area contributed by atoms with Crippen LogP contribution in [0.5, 0.6) is 0 Å². The number of halogens is 2. The Morgan fingerprint density at radius 3 is 2.84 bits per heavy atom. The highest BCUT2D eigenvalue weighted by molar-refractivity contribution is 6.30. The Balaban J connectivity index is 1.99. The summed E-state index contributed by atoms with van der Waals surface area (Å²) in [6.07, 6.45) is 4.27. The van der Waals surface area contributed by atoms with Crippen LogP contribution in [0.15, 0.2) is 48.7 Å². The summed E-state index contributed by atoms with van der Waals surface area (Å²) in [6.45, 7) is 0. The van der Waals surface area contributed by atoms with E-state index < -0.39 is 0 Å². The maximum atomic E-state index is 12.9. The van der Waals surface area contributed by atoms with Gasteiger partial charge in [-0.2, -0.15) is 0 Å². The second-order valence-electron chi connectivity index (χ2n) is 3.74. The van der Waals surface area contributed by atoms with Crippen molar-refractivity contribution in [3.63, 3.8) is 0 Å². The first-order chi connectivity index (χ1) is 9.13. The van der Waals surface area contributed by atoms with E-state index in [4.69, 9.17) is 11.6 Å². The number of amides is 1. The van der Waals surface area contributed by atoms with Gasteiger partial charge in [0.15, 0.2) is 0 Å². The third-order valence-corrected chi connectivity index (χ3v) is 2.48. The van der Waals surface area contributed by atoms with Crippen LogP contribution in [-0.4, -0.2) is 10.9 Å². The number of hydrogen-bond donors (Lipinski definition) is 1. The number of hydrogen-bond acceptors (Lipinski definition) is 2. The van der Waals surface area contributed by atoms with Crippen LogP contribution in [0.25, 0.3) is 6.08 Å². The van der Waals surface area contributed by atoms with E-state index in [0.29, 0.717) is 16.4 Å². The van der Waals surface area contributed by atoms with Gasteiger partial charge >= 0.3 is 0 Å². The van der Waals surface area contributed by atoms with Crippen molar-refractivity contribution in [2.45, 2.75) is 0 Å². The SMILES string of the molecule is O=C(/C=C/c1cccc(F)c1)Nc1ccc(Cl)cn1. The zero-order valence-electron chi connectivity index (χ0n) is 9.81. The first-order valence-corrected chi connectivity index (χ1v) is 5.87. The van der Waals surface area contributed by atoms with Crippen molar-refractivity contribution in [3.05, 3.63) is 65.1 Å². The van der Waals surface area contributed by atoms with Gasteiger partial charge in [-0.25, -0.2) is 9.37 Å². The molecule has 2 aromatic rings. The van der Waals surface area contributed by atoms with E-state index in [1.807, 2.05) is 0 Å². The number of nitrogens with zero attached hydrogens (tertiary/aromatic N) is 1. The molecule has 19 heavy (non-hydrogen) atoms. The van der Waals surface area contributed by atoms with Gasteiger partial charge in [0.25, 0.3) is 0 Å². The summed E-state index contributed by atoms with van der Waals surface area (Å²) >= 11 is 5.68. The molecule has 0 saturated heterocycles. The van der Waals surface area contributed by atoms with Crippen molar-refractivity contribution in [2.24, 2.45) is 0 Å². The zero-order valence-corrected chi connectivity index (χ0v) is 10.6. The summed E-state index contributed by atoms with van der Waals surface area (Å²) in [4.78, 5) is 15.5. The Bertz CT molecular complexity index is 611. The van der Waals surface area contributed by atoms with Gasteiger partial charge < -0.3 is 5.32 Å². The summed E-state index contributed by atoms with van der Waals surface area (Å²) in [5.41, 5.74) is 0.610. The lowest BCUT2D eigenvalue weighted by Crippen LogP contribution is -2.08. The van der Waals surface area contributed by atoms with Crippen LogP contribution in [0.4, 0.5) is 10.2 Å². The molecule has 96 valence electrons. The van der Waals surface area contributed by atoms with Crippen molar-refractivity contribution in [2.75, 3.05) is 5.32 Å². The molecule has 1 heterocycles. The normalized spacial score (nSPS) is 10.6. The van der Waals surface area contributed by atoms with E-state index in [-0.39, 0.29) is 11.7 Å². The summed E-state index contributed by atoms with van der Waals surface area (Å²) in [5.74, 6) is -0.292. The lowest BCUT2D eigenvalue weighted by Gasteiger charge is -2.00. The van der Waals surface area contributed by atoms with E-state index in [9.17, 15) is 9.18 Å². The van der Waals surface area contributed by atoms with E-state index in [0.717, 1.165) is 0 Å². The number of carbonyl (C=O) groups excluding carboxylic acids is 1. The molecule has 1 N–H and O–H groups in total. The fourth-order valence-corrected chi connectivity index (χ4v) is 1.51. The second kappa shape index (κ2) is 6.11. The fraction of sp³-hybridized carbons (Fsp3) is 0. The van der Waals surface area contributed by atoms with Crippen LogP contribution in [-0.2, 0) is 4.79 Å². The van der Waals surface area contributed by atoms with E-state index >= 15 is 0 Å². The quantitative estimate of drug-likeness (QED) is 0.872. The Morgan fingerprint density at radius 1 is 1.32 bits per heavy atom. The highest BCUT2D eigenvalue weighted by Gasteiger charge is 1.99. The van der Waals surface area contributed by atoms with Gasteiger partial charge in [0.2, 0.25) is 5.91 Å². The Hall–Kier alpha value is -2.20. The predicted octanol–water partition coefficient (Wildman–Crippen LogP) is 3.53. The largest absolute Gasteiger partial charge is 0.307 e. The fourth-order valence-electron chi connectivity index (χ4n) is 1.40.